The molecule has 0 aromatic heterocycles. The van der Waals surface area contributed by atoms with Crippen molar-refractivity contribution >= 4 is 41.0 Å². The Bertz CT molecular complexity index is 921. The van der Waals surface area contributed by atoms with Crippen LogP contribution in [-0.4, -0.2) is 17.0 Å². The first-order valence-corrected chi connectivity index (χ1v) is 7.37. The summed E-state index contributed by atoms with van der Waals surface area (Å²) in [5.41, 5.74) is 0.648. The van der Waals surface area contributed by atoms with Crippen molar-refractivity contribution in [2.75, 3.05) is 5.32 Å². The third kappa shape index (κ3) is 2.91. The lowest BCUT2D eigenvalue weighted by Crippen LogP contribution is -2.17. The minimum atomic E-state index is -1.14. The molecule has 0 bridgehead atoms. The molecule has 3 aromatic carbocycles. The zero-order valence-corrected chi connectivity index (χ0v) is 12.9. The van der Waals surface area contributed by atoms with Gasteiger partial charge in [-0.2, -0.15) is 0 Å². The Morgan fingerprint density at radius 1 is 0.913 bits per heavy atom. The van der Waals surface area contributed by atoms with Crippen molar-refractivity contribution in [3.8, 4) is 0 Å². The topological polar surface area (TPSA) is 66.4 Å². The van der Waals surface area contributed by atoms with E-state index in [1.807, 2.05) is 12.1 Å². The quantitative estimate of drug-likeness (QED) is 0.636. The minimum Gasteiger partial charge on any atom is -0.478 e. The Kier molecular flexibility index (Phi) is 4.04. The van der Waals surface area contributed by atoms with Crippen molar-refractivity contribution < 1.29 is 14.7 Å². The van der Waals surface area contributed by atoms with Crippen LogP contribution < -0.4 is 5.32 Å². The van der Waals surface area contributed by atoms with Crippen molar-refractivity contribution in [1.82, 2.24) is 0 Å². The van der Waals surface area contributed by atoms with Crippen molar-refractivity contribution in [1.29, 1.82) is 0 Å². The summed E-state index contributed by atoms with van der Waals surface area (Å²) >= 11 is 4.29. The van der Waals surface area contributed by atoms with Crippen LogP contribution in [0, 0.1) is 0 Å². The number of hydrogen-bond acceptors (Lipinski definition) is 3. The van der Waals surface area contributed by atoms with Crippen molar-refractivity contribution in [3.63, 3.8) is 0 Å². The zero-order chi connectivity index (χ0) is 16.4. The van der Waals surface area contributed by atoms with Gasteiger partial charge in [0.2, 0.25) is 0 Å². The summed E-state index contributed by atoms with van der Waals surface area (Å²) in [5, 5.41) is 13.5. The number of hydrogen-bond donors (Lipinski definition) is 3. The van der Waals surface area contributed by atoms with Gasteiger partial charge < -0.3 is 10.4 Å². The number of nitrogens with one attached hydrogen (secondary N) is 1. The molecule has 0 heterocycles. The van der Waals surface area contributed by atoms with E-state index < -0.39 is 11.9 Å². The number of para-hydroxylation sites is 1. The lowest BCUT2D eigenvalue weighted by molar-refractivity contribution is 0.0693. The van der Waals surface area contributed by atoms with E-state index in [1.54, 1.807) is 42.5 Å². The Balaban J connectivity index is 2.14. The number of fused-ring (bicyclic) bond motifs is 1. The first kappa shape index (κ1) is 15.1. The van der Waals surface area contributed by atoms with Crippen LogP contribution in [0.5, 0.6) is 0 Å². The second-order valence-electron chi connectivity index (χ2n) is 4.99. The Morgan fingerprint density at radius 3 is 2.35 bits per heavy atom. The van der Waals surface area contributed by atoms with Crippen LogP contribution in [0.3, 0.4) is 0 Å². The molecule has 0 radical (unpaired) electrons. The highest BCUT2D eigenvalue weighted by molar-refractivity contribution is 7.80. The second-order valence-corrected chi connectivity index (χ2v) is 5.47. The molecule has 0 spiro atoms. The van der Waals surface area contributed by atoms with Gasteiger partial charge in [0.25, 0.3) is 5.91 Å². The van der Waals surface area contributed by atoms with Gasteiger partial charge in [0.05, 0.1) is 16.8 Å². The van der Waals surface area contributed by atoms with Crippen molar-refractivity contribution in [3.05, 3.63) is 71.8 Å². The maximum atomic E-state index is 12.7. The summed E-state index contributed by atoms with van der Waals surface area (Å²) in [6.07, 6.45) is 0. The average Bonchev–Trinajstić information content (AvgIpc) is 2.55. The van der Waals surface area contributed by atoms with Gasteiger partial charge in [-0.25, -0.2) is 4.79 Å². The lowest BCUT2D eigenvalue weighted by atomic mass is 9.98. The van der Waals surface area contributed by atoms with Crippen molar-refractivity contribution in [2.45, 2.75) is 4.90 Å². The molecule has 0 aliphatic carbocycles. The molecule has 114 valence electrons. The first-order chi connectivity index (χ1) is 11.1. The molecule has 1 amide bonds. The van der Waals surface area contributed by atoms with E-state index in [9.17, 15) is 14.7 Å². The van der Waals surface area contributed by atoms with E-state index in [4.69, 9.17) is 0 Å². The number of benzene rings is 3. The molecule has 5 heteroatoms. The summed E-state index contributed by atoms with van der Waals surface area (Å²) in [7, 11) is 0. The second kappa shape index (κ2) is 6.14. The molecule has 3 aromatic rings. The van der Waals surface area contributed by atoms with Gasteiger partial charge >= 0.3 is 5.97 Å². The summed E-state index contributed by atoms with van der Waals surface area (Å²) in [5.74, 6) is -1.61. The molecule has 3 rings (SSSR count). The van der Waals surface area contributed by atoms with E-state index in [2.05, 4.69) is 17.9 Å². The van der Waals surface area contributed by atoms with Crippen molar-refractivity contribution in [2.24, 2.45) is 0 Å². The first-order valence-electron chi connectivity index (χ1n) is 6.92. The highest BCUT2D eigenvalue weighted by Gasteiger charge is 2.20. The van der Waals surface area contributed by atoms with E-state index in [1.165, 1.54) is 6.07 Å². The average molecular weight is 323 g/mol. The molecule has 0 atom stereocenters. The fourth-order valence-corrected chi connectivity index (χ4v) is 2.68. The van der Waals surface area contributed by atoms with E-state index in [-0.39, 0.29) is 11.1 Å². The minimum absolute atomic E-state index is 0.0298. The highest BCUT2D eigenvalue weighted by Crippen LogP contribution is 2.25. The van der Waals surface area contributed by atoms with Gasteiger partial charge in [0.15, 0.2) is 0 Å². The fourth-order valence-electron chi connectivity index (χ4n) is 2.46. The molecule has 2 N–H and O–H groups in total. The normalized spacial score (nSPS) is 10.5. The van der Waals surface area contributed by atoms with Crippen LogP contribution in [0.4, 0.5) is 5.69 Å². The predicted molar refractivity (Wildman–Crippen MR) is 92.6 cm³/mol. The maximum absolute atomic E-state index is 12.7. The number of anilines is 1. The summed E-state index contributed by atoms with van der Waals surface area (Å²) in [4.78, 5) is 24.8. The molecular weight excluding hydrogens is 310 g/mol. The Morgan fingerprint density at radius 2 is 1.61 bits per heavy atom. The monoisotopic (exact) mass is 323 g/mol. The Labute approximate surface area is 138 Å². The zero-order valence-electron chi connectivity index (χ0n) is 12.0. The number of amides is 1. The molecule has 0 unspecified atom stereocenters. The van der Waals surface area contributed by atoms with E-state index >= 15 is 0 Å². The fraction of sp³-hybridized carbons (Fsp3) is 0. The number of aromatic carboxylic acids is 1. The molecule has 23 heavy (non-hydrogen) atoms. The summed E-state index contributed by atoms with van der Waals surface area (Å²) in [6.45, 7) is 0. The van der Waals surface area contributed by atoms with Crippen LogP contribution in [0.2, 0.25) is 0 Å². The predicted octanol–water partition coefficient (Wildman–Crippen LogP) is 4.08. The van der Waals surface area contributed by atoms with Crippen LogP contribution >= 0.6 is 12.6 Å². The van der Waals surface area contributed by atoms with Crippen LogP contribution in [0.1, 0.15) is 20.7 Å². The summed E-state index contributed by atoms with van der Waals surface area (Å²) in [6, 6.07) is 17.4. The number of thiol groups is 1. The van der Waals surface area contributed by atoms with Gasteiger partial charge in [-0.3, -0.25) is 4.79 Å². The number of rotatable bonds is 3. The number of carboxylic acids is 1. The molecule has 0 aliphatic heterocycles. The van der Waals surface area contributed by atoms with Gasteiger partial charge in [-0.05, 0) is 29.0 Å². The summed E-state index contributed by atoms with van der Waals surface area (Å²) < 4.78 is 0. The molecule has 0 saturated heterocycles. The highest BCUT2D eigenvalue weighted by atomic mass is 32.1. The molecule has 0 saturated carbocycles. The third-order valence-corrected chi connectivity index (χ3v) is 3.93. The molecule has 4 nitrogen and oxygen atoms in total. The van der Waals surface area contributed by atoms with E-state index in [0.29, 0.717) is 16.0 Å². The smallest absolute Gasteiger partial charge is 0.336 e. The maximum Gasteiger partial charge on any atom is 0.336 e. The van der Waals surface area contributed by atoms with Crippen LogP contribution in [0.15, 0.2) is 65.6 Å². The number of carbonyl (C=O) groups excluding carboxylic acids is 1. The van der Waals surface area contributed by atoms with Gasteiger partial charge in [0.1, 0.15) is 0 Å². The molecule has 0 aliphatic rings. The van der Waals surface area contributed by atoms with Crippen LogP contribution in [-0.2, 0) is 0 Å². The van der Waals surface area contributed by atoms with Crippen LogP contribution in [0.25, 0.3) is 10.8 Å². The largest absolute Gasteiger partial charge is 0.478 e. The SMILES string of the molecule is O=C(O)c1ccc2ccccc2c1C(=O)Nc1ccccc1S. The number of carbonyl (C=O) groups is 2. The number of carboxylic acid groups (broad SMARTS) is 1. The Hall–Kier alpha value is -2.79. The van der Waals surface area contributed by atoms with E-state index in [0.717, 1.165) is 5.39 Å². The van der Waals surface area contributed by atoms with Gasteiger partial charge in [0, 0.05) is 4.90 Å². The lowest BCUT2D eigenvalue weighted by Gasteiger charge is -2.12. The third-order valence-electron chi connectivity index (χ3n) is 3.54. The standard InChI is InChI=1S/C18H13NO3S/c20-17(19-14-7-3-4-8-15(14)23)16-12-6-2-1-5-11(12)9-10-13(16)18(21)22/h1-10,23H,(H,19,20)(H,21,22). The van der Waals surface area contributed by atoms with Gasteiger partial charge in [-0.1, -0.05) is 42.5 Å². The molecule has 0 fully saturated rings. The molecular formula is C18H13NO3S. The van der Waals surface area contributed by atoms with Gasteiger partial charge in [-0.15, -0.1) is 12.6 Å².